The van der Waals surface area contributed by atoms with Crippen LogP contribution in [0.1, 0.15) is 29.8 Å². The van der Waals surface area contributed by atoms with Crippen LogP contribution >= 0.6 is 0 Å². The van der Waals surface area contributed by atoms with Gasteiger partial charge in [-0.25, -0.2) is 4.98 Å². The number of fused-ring (bicyclic) bond motifs is 1. The lowest BCUT2D eigenvalue weighted by Gasteiger charge is -2.21. The number of nitrogens with zero attached hydrogens (tertiary/aromatic N) is 1. The van der Waals surface area contributed by atoms with E-state index in [9.17, 15) is 4.79 Å². The van der Waals surface area contributed by atoms with Crippen LogP contribution in [0.3, 0.4) is 0 Å². The van der Waals surface area contributed by atoms with E-state index >= 15 is 0 Å². The minimum absolute atomic E-state index is 0.106. The largest absolute Gasteiger partial charge is 0.381 e. The summed E-state index contributed by atoms with van der Waals surface area (Å²) in [5.74, 6) is 1.18. The van der Waals surface area contributed by atoms with E-state index in [0.717, 1.165) is 36.1 Å². The first-order chi connectivity index (χ1) is 10.6. The van der Waals surface area contributed by atoms with Crippen LogP contribution in [0, 0.1) is 19.8 Å². The summed E-state index contributed by atoms with van der Waals surface area (Å²) in [5.41, 5.74) is 4.56. The minimum atomic E-state index is 0.106. The van der Waals surface area contributed by atoms with Gasteiger partial charge < -0.3 is 15.0 Å². The van der Waals surface area contributed by atoms with E-state index in [0.29, 0.717) is 19.8 Å². The zero-order valence-corrected chi connectivity index (χ0v) is 13.2. The Morgan fingerprint density at radius 2 is 2.14 bits per heavy atom. The average Bonchev–Trinajstić information content (AvgIpc) is 2.95. The normalized spacial score (nSPS) is 16.1. The van der Waals surface area contributed by atoms with Crippen molar-refractivity contribution in [2.24, 2.45) is 5.92 Å². The number of aromatic nitrogens is 2. The second-order valence-electron chi connectivity index (χ2n) is 6.01. The van der Waals surface area contributed by atoms with Crippen molar-refractivity contribution in [3.8, 4) is 0 Å². The number of hydrogen-bond acceptors (Lipinski definition) is 3. The number of aromatic amines is 1. The fourth-order valence-electron chi connectivity index (χ4n) is 2.89. The zero-order chi connectivity index (χ0) is 15.5. The Hall–Kier alpha value is -1.88. The molecule has 1 saturated heterocycles. The highest BCUT2D eigenvalue weighted by Crippen LogP contribution is 2.19. The number of amides is 1. The number of benzene rings is 1. The zero-order valence-electron chi connectivity index (χ0n) is 13.2. The topological polar surface area (TPSA) is 67.0 Å². The Balaban J connectivity index is 1.57. The molecule has 0 aliphatic carbocycles. The molecule has 118 valence electrons. The molecule has 0 saturated carbocycles. The summed E-state index contributed by atoms with van der Waals surface area (Å²) in [6, 6.07) is 4.17. The first-order valence-corrected chi connectivity index (χ1v) is 7.95. The summed E-state index contributed by atoms with van der Waals surface area (Å²) in [4.78, 5) is 20.1. The molecule has 1 aliphatic heterocycles. The molecule has 1 fully saturated rings. The number of carbonyl (C=O) groups excluding carboxylic acids is 1. The maximum Gasteiger partial charge on any atom is 0.223 e. The Morgan fingerprint density at radius 3 is 2.91 bits per heavy atom. The van der Waals surface area contributed by atoms with Gasteiger partial charge in [-0.1, -0.05) is 6.07 Å². The van der Waals surface area contributed by atoms with E-state index in [1.165, 1.54) is 11.1 Å². The monoisotopic (exact) mass is 301 g/mol. The summed E-state index contributed by atoms with van der Waals surface area (Å²) < 4.78 is 5.28. The van der Waals surface area contributed by atoms with E-state index in [-0.39, 0.29) is 11.8 Å². The quantitative estimate of drug-likeness (QED) is 0.910. The fraction of sp³-hybridized carbons (Fsp3) is 0.529. The standard InChI is InChI=1S/C17H23N3O2/c1-11-3-4-14-16(12(11)2)20-15(19-14)5-8-18-17(21)13-6-9-22-10-7-13/h3-4,13H,5-10H2,1-2H3,(H,18,21)(H,19,20). The molecular formula is C17H23N3O2. The van der Waals surface area contributed by atoms with Gasteiger partial charge in [-0.05, 0) is 43.9 Å². The Labute approximate surface area is 130 Å². The highest BCUT2D eigenvalue weighted by Gasteiger charge is 2.21. The maximum atomic E-state index is 12.1. The Bertz CT molecular complexity index is 672. The summed E-state index contributed by atoms with van der Waals surface area (Å²) in [7, 11) is 0. The van der Waals surface area contributed by atoms with E-state index in [1.54, 1.807) is 0 Å². The summed E-state index contributed by atoms with van der Waals surface area (Å²) in [6.45, 7) is 6.20. The molecule has 0 atom stereocenters. The van der Waals surface area contributed by atoms with Gasteiger partial charge in [0.05, 0.1) is 11.0 Å². The van der Waals surface area contributed by atoms with Crippen molar-refractivity contribution >= 4 is 16.9 Å². The highest BCUT2D eigenvalue weighted by atomic mass is 16.5. The molecular weight excluding hydrogens is 278 g/mol. The smallest absolute Gasteiger partial charge is 0.223 e. The summed E-state index contributed by atoms with van der Waals surface area (Å²) >= 11 is 0. The van der Waals surface area contributed by atoms with Gasteiger partial charge in [-0.3, -0.25) is 4.79 Å². The third kappa shape index (κ3) is 3.14. The minimum Gasteiger partial charge on any atom is -0.381 e. The van der Waals surface area contributed by atoms with Crippen molar-refractivity contribution in [3.05, 3.63) is 29.1 Å². The second kappa shape index (κ2) is 6.48. The van der Waals surface area contributed by atoms with Gasteiger partial charge in [0.2, 0.25) is 5.91 Å². The molecule has 0 radical (unpaired) electrons. The molecule has 3 rings (SSSR count). The first kappa shape index (κ1) is 15.0. The molecule has 1 aromatic heterocycles. The lowest BCUT2D eigenvalue weighted by atomic mass is 9.99. The van der Waals surface area contributed by atoms with Crippen molar-refractivity contribution in [1.29, 1.82) is 0 Å². The summed E-state index contributed by atoms with van der Waals surface area (Å²) in [6.07, 6.45) is 2.38. The molecule has 1 aliphatic rings. The van der Waals surface area contributed by atoms with Crippen LogP contribution in [0.5, 0.6) is 0 Å². The van der Waals surface area contributed by atoms with Crippen LogP contribution in [0.25, 0.3) is 11.0 Å². The number of aryl methyl sites for hydroxylation is 2. The number of ether oxygens (including phenoxy) is 1. The molecule has 5 nitrogen and oxygen atoms in total. The van der Waals surface area contributed by atoms with Crippen molar-refractivity contribution in [2.45, 2.75) is 33.1 Å². The number of rotatable bonds is 4. The molecule has 2 heterocycles. The molecule has 2 aromatic rings. The number of H-pyrrole nitrogens is 1. The predicted octanol–water partition coefficient (Wildman–Crippen LogP) is 2.27. The van der Waals surface area contributed by atoms with Crippen molar-refractivity contribution < 1.29 is 9.53 Å². The van der Waals surface area contributed by atoms with E-state index < -0.39 is 0 Å². The average molecular weight is 301 g/mol. The van der Waals surface area contributed by atoms with Crippen molar-refractivity contribution in [3.63, 3.8) is 0 Å². The number of hydrogen-bond donors (Lipinski definition) is 2. The van der Waals surface area contributed by atoms with Gasteiger partial charge in [0.1, 0.15) is 5.82 Å². The molecule has 1 amide bonds. The third-order valence-corrected chi connectivity index (χ3v) is 4.48. The van der Waals surface area contributed by atoms with Crippen molar-refractivity contribution in [2.75, 3.05) is 19.8 Å². The van der Waals surface area contributed by atoms with Crippen LogP contribution in [0.15, 0.2) is 12.1 Å². The molecule has 1 aromatic carbocycles. The van der Waals surface area contributed by atoms with Crippen LogP contribution in [0.2, 0.25) is 0 Å². The maximum absolute atomic E-state index is 12.1. The van der Waals surface area contributed by atoms with Gasteiger partial charge >= 0.3 is 0 Å². The summed E-state index contributed by atoms with van der Waals surface area (Å²) in [5, 5.41) is 3.02. The van der Waals surface area contributed by atoms with Gasteiger partial charge in [0.25, 0.3) is 0 Å². The first-order valence-electron chi connectivity index (χ1n) is 7.95. The predicted molar refractivity (Wildman–Crippen MR) is 85.8 cm³/mol. The lowest BCUT2D eigenvalue weighted by molar-refractivity contribution is -0.127. The fourth-order valence-corrected chi connectivity index (χ4v) is 2.89. The Kier molecular flexibility index (Phi) is 4.43. The molecule has 0 spiro atoms. The van der Waals surface area contributed by atoms with E-state index in [2.05, 4.69) is 41.3 Å². The highest BCUT2D eigenvalue weighted by molar-refractivity contribution is 5.80. The molecule has 5 heteroatoms. The molecule has 2 N–H and O–H groups in total. The number of imidazole rings is 1. The van der Waals surface area contributed by atoms with Gasteiger partial charge in [0, 0.05) is 32.1 Å². The number of nitrogens with one attached hydrogen (secondary N) is 2. The SMILES string of the molecule is Cc1ccc2[nH]c(CCNC(=O)C3CCOCC3)nc2c1C. The molecule has 0 unspecified atom stereocenters. The van der Waals surface area contributed by atoms with Gasteiger partial charge in [-0.15, -0.1) is 0 Å². The third-order valence-electron chi connectivity index (χ3n) is 4.48. The van der Waals surface area contributed by atoms with Crippen LogP contribution in [0.4, 0.5) is 0 Å². The number of carbonyl (C=O) groups is 1. The second-order valence-corrected chi connectivity index (χ2v) is 6.01. The molecule has 0 bridgehead atoms. The van der Waals surface area contributed by atoms with E-state index in [1.807, 2.05) is 0 Å². The van der Waals surface area contributed by atoms with Crippen LogP contribution in [-0.4, -0.2) is 35.6 Å². The molecule has 22 heavy (non-hydrogen) atoms. The Morgan fingerprint density at radius 1 is 1.36 bits per heavy atom. The van der Waals surface area contributed by atoms with E-state index in [4.69, 9.17) is 4.74 Å². The van der Waals surface area contributed by atoms with Gasteiger partial charge in [0.15, 0.2) is 0 Å². The van der Waals surface area contributed by atoms with Crippen LogP contribution < -0.4 is 5.32 Å². The van der Waals surface area contributed by atoms with Gasteiger partial charge in [-0.2, -0.15) is 0 Å². The lowest BCUT2D eigenvalue weighted by Crippen LogP contribution is -2.35. The van der Waals surface area contributed by atoms with Crippen molar-refractivity contribution in [1.82, 2.24) is 15.3 Å². The van der Waals surface area contributed by atoms with Crippen LogP contribution in [-0.2, 0) is 16.0 Å².